The first-order valence-electron chi connectivity index (χ1n) is 12.6. The lowest BCUT2D eigenvalue weighted by molar-refractivity contribution is -0.152. The molecule has 2 rings (SSSR count). The highest BCUT2D eigenvalue weighted by atomic mass is 16.6. The average Bonchev–Trinajstić information content (AvgIpc) is 2.76. The van der Waals surface area contributed by atoms with Gasteiger partial charge in [0.15, 0.2) is 0 Å². The van der Waals surface area contributed by atoms with E-state index in [1.54, 1.807) is 0 Å². The van der Waals surface area contributed by atoms with Gasteiger partial charge in [-0.2, -0.15) is 0 Å². The molecule has 2 aromatic rings. The second kappa shape index (κ2) is 11.8. The van der Waals surface area contributed by atoms with Crippen LogP contribution in [0.2, 0.25) is 0 Å². The molecule has 36 heavy (non-hydrogen) atoms. The third kappa shape index (κ3) is 8.28. The summed E-state index contributed by atoms with van der Waals surface area (Å²) in [4.78, 5) is 24.3. The number of carbonyl (C=O) groups is 2. The second-order valence-corrected chi connectivity index (χ2v) is 11.6. The summed E-state index contributed by atoms with van der Waals surface area (Å²) in [5.41, 5.74) is 4.82. The van der Waals surface area contributed by atoms with Gasteiger partial charge in [-0.15, -0.1) is 0 Å². The first-order valence-corrected chi connectivity index (χ1v) is 12.6. The molecule has 0 atom stereocenters. The highest BCUT2D eigenvalue weighted by Crippen LogP contribution is 2.35. The Kier molecular flexibility index (Phi) is 9.58. The van der Waals surface area contributed by atoms with E-state index >= 15 is 0 Å². The molecule has 0 fully saturated rings. The smallest absolute Gasteiger partial charge is 0.306 e. The molecule has 0 aromatic heterocycles. The number of benzene rings is 2. The van der Waals surface area contributed by atoms with Crippen molar-refractivity contribution in [3.63, 3.8) is 0 Å². The largest absolute Gasteiger partial charge is 0.507 e. The van der Waals surface area contributed by atoms with Gasteiger partial charge in [-0.05, 0) is 70.9 Å². The Hall–Kier alpha value is -3.02. The van der Waals surface area contributed by atoms with E-state index < -0.39 is 0 Å². The lowest BCUT2D eigenvalue weighted by Crippen LogP contribution is -2.15. The number of hydrogen-bond donors (Lipinski definition) is 2. The van der Waals surface area contributed by atoms with Gasteiger partial charge in [0.1, 0.15) is 24.7 Å². The molecule has 198 valence electrons. The van der Waals surface area contributed by atoms with Crippen LogP contribution in [-0.2, 0) is 42.7 Å². The maximum atomic E-state index is 12.1. The quantitative estimate of drug-likeness (QED) is 0.327. The molecule has 2 aromatic carbocycles. The summed E-state index contributed by atoms with van der Waals surface area (Å²) in [5, 5.41) is 20.7. The Morgan fingerprint density at radius 1 is 0.667 bits per heavy atom. The van der Waals surface area contributed by atoms with Gasteiger partial charge >= 0.3 is 11.9 Å². The Bertz CT molecular complexity index is 999. The molecular formula is C30H42O6. The van der Waals surface area contributed by atoms with Gasteiger partial charge in [0.25, 0.3) is 0 Å². The van der Waals surface area contributed by atoms with Crippen molar-refractivity contribution in [1.82, 2.24) is 0 Å². The molecule has 0 aliphatic rings. The lowest BCUT2D eigenvalue weighted by atomic mass is 9.83. The number of aryl methyl sites for hydroxylation is 4. The summed E-state index contributed by atoms with van der Waals surface area (Å²) in [6.45, 7) is 16.0. The van der Waals surface area contributed by atoms with E-state index in [1.165, 1.54) is 0 Å². The first kappa shape index (κ1) is 29.2. The van der Waals surface area contributed by atoms with Crippen molar-refractivity contribution in [1.29, 1.82) is 0 Å². The summed E-state index contributed by atoms with van der Waals surface area (Å²) < 4.78 is 10.4. The van der Waals surface area contributed by atoms with Crippen LogP contribution in [0.25, 0.3) is 0 Å². The molecule has 0 saturated heterocycles. The summed E-state index contributed by atoms with van der Waals surface area (Å²) in [7, 11) is 0. The van der Waals surface area contributed by atoms with Gasteiger partial charge in [0.05, 0.1) is 0 Å². The monoisotopic (exact) mass is 498 g/mol. The fourth-order valence-electron chi connectivity index (χ4n) is 4.09. The van der Waals surface area contributed by atoms with Crippen molar-refractivity contribution in [3.8, 4) is 11.5 Å². The number of ether oxygens (including phenoxy) is 2. The van der Waals surface area contributed by atoms with Crippen molar-refractivity contribution in [2.24, 2.45) is 0 Å². The number of carbonyl (C=O) groups excluding carboxylic acids is 2. The van der Waals surface area contributed by atoms with Gasteiger partial charge in [-0.1, -0.05) is 65.8 Å². The van der Waals surface area contributed by atoms with Crippen molar-refractivity contribution >= 4 is 11.9 Å². The fourth-order valence-corrected chi connectivity index (χ4v) is 4.09. The Balaban J connectivity index is 1.76. The van der Waals surface area contributed by atoms with Crippen LogP contribution in [0.3, 0.4) is 0 Å². The summed E-state index contributed by atoms with van der Waals surface area (Å²) in [6.07, 6.45) is 1.42. The van der Waals surface area contributed by atoms with Gasteiger partial charge in [-0.3, -0.25) is 9.59 Å². The van der Waals surface area contributed by atoms with Gasteiger partial charge < -0.3 is 19.7 Å². The maximum absolute atomic E-state index is 12.1. The second-order valence-electron chi connectivity index (χ2n) is 11.6. The minimum Gasteiger partial charge on any atom is -0.507 e. The average molecular weight is 499 g/mol. The molecule has 6 nitrogen and oxygen atoms in total. The van der Waals surface area contributed by atoms with Gasteiger partial charge in [0, 0.05) is 12.8 Å². The van der Waals surface area contributed by atoms with Crippen molar-refractivity contribution in [2.45, 2.75) is 91.9 Å². The topological polar surface area (TPSA) is 93.1 Å². The minimum absolute atomic E-state index is 0.0128. The van der Waals surface area contributed by atoms with E-state index in [4.69, 9.17) is 9.47 Å². The molecule has 0 radical (unpaired) electrons. The molecule has 0 bridgehead atoms. The van der Waals surface area contributed by atoms with Gasteiger partial charge in [0.2, 0.25) is 0 Å². The summed E-state index contributed by atoms with van der Waals surface area (Å²) in [5.74, 6) is -0.122. The maximum Gasteiger partial charge on any atom is 0.306 e. The number of esters is 2. The predicted octanol–water partition coefficient (Wildman–Crippen LogP) is 5.96. The van der Waals surface area contributed by atoms with Crippen molar-refractivity contribution in [2.75, 3.05) is 13.2 Å². The molecule has 2 N–H and O–H groups in total. The molecule has 0 amide bonds. The predicted molar refractivity (Wildman–Crippen MR) is 142 cm³/mol. The van der Waals surface area contributed by atoms with Crippen LogP contribution >= 0.6 is 0 Å². The van der Waals surface area contributed by atoms with E-state index in [2.05, 4.69) is 0 Å². The highest BCUT2D eigenvalue weighted by molar-refractivity contribution is 5.70. The molecular weight excluding hydrogens is 456 g/mol. The van der Waals surface area contributed by atoms with E-state index in [-0.39, 0.29) is 48.8 Å². The molecule has 0 unspecified atom stereocenters. The minimum atomic E-state index is -0.358. The molecule has 0 aliphatic heterocycles. The fraction of sp³-hybridized carbons (Fsp3) is 0.533. The standard InChI is InChI=1S/C30H42O6/c1-19-15-21(17-23(27(19)33)29(3,4)5)9-11-25(31)35-13-14-36-26(32)12-10-22-16-20(2)28(34)24(18-22)30(6,7)8/h15-18,33-34H,9-14H2,1-8H3. The number of hydrogen-bond acceptors (Lipinski definition) is 6. The molecule has 0 saturated carbocycles. The van der Waals surface area contributed by atoms with E-state index in [1.807, 2.05) is 79.7 Å². The van der Waals surface area contributed by atoms with Crippen LogP contribution in [0.15, 0.2) is 24.3 Å². The van der Waals surface area contributed by atoms with Gasteiger partial charge in [-0.25, -0.2) is 0 Å². The van der Waals surface area contributed by atoms with Crippen LogP contribution in [-0.4, -0.2) is 35.4 Å². The van der Waals surface area contributed by atoms with Crippen LogP contribution in [0, 0.1) is 13.8 Å². The number of aromatic hydroxyl groups is 2. The molecule has 0 heterocycles. The van der Waals surface area contributed by atoms with Crippen molar-refractivity contribution in [3.05, 3.63) is 57.6 Å². The zero-order valence-corrected chi connectivity index (χ0v) is 23.1. The van der Waals surface area contributed by atoms with Crippen LogP contribution in [0.4, 0.5) is 0 Å². The molecule has 6 heteroatoms. The summed E-state index contributed by atoms with van der Waals surface area (Å²) in [6, 6.07) is 7.66. The van der Waals surface area contributed by atoms with Crippen molar-refractivity contribution < 1.29 is 29.3 Å². The zero-order valence-electron chi connectivity index (χ0n) is 23.1. The third-order valence-corrected chi connectivity index (χ3v) is 6.18. The van der Waals surface area contributed by atoms with Crippen LogP contribution < -0.4 is 0 Å². The third-order valence-electron chi connectivity index (χ3n) is 6.18. The van der Waals surface area contributed by atoms with Crippen LogP contribution in [0.1, 0.15) is 87.8 Å². The van der Waals surface area contributed by atoms with E-state index in [9.17, 15) is 19.8 Å². The molecule has 0 aliphatic carbocycles. The Morgan fingerprint density at radius 2 is 1.00 bits per heavy atom. The van der Waals surface area contributed by atoms with E-state index in [0.717, 1.165) is 33.4 Å². The Morgan fingerprint density at radius 3 is 1.31 bits per heavy atom. The number of phenols is 2. The molecule has 0 spiro atoms. The zero-order chi connectivity index (χ0) is 27.3. The normalized spacial score (nSPS) is 11.9. The number of rotatable bonds is 9. The SMILES string of the molecule is Cc1cc(CCC(=O)OCCOC(=O)CCc2cc(C)c(O)c(C(C)(C)C)c2)cc(C(C)(C)C)c1O. The summed E-state index contributed by atoms with van der Waals surface area (Å²) >= 11 is 0. The first-order chi connectivity index (χ1) is 16.6. The van der Waals surface area contributed by atoms with E-state index in [0.29, 0.717) is 24.3 Å². The Labute approximate surface area is 215 Å². The highest BCUT2D eigenvalue weighted by Gasteiger charge is 2.21. The number of phenolic OH excluding ortho intramolecular Hbond substituents is 2. The lowest BCUT2D eigenvalue weighted by Gasteiger charge is -2.22. The van der Waals surface area contributed by atoms with Crippen LogP contribution in [0.5, 0.6) is 11.5 Å².